The number of aromatic nitrogens is 3. The highest BCUT2D eigenvalue weighted by molar-refractivity contribution is 7.71. The topological polar surface area (TPSA) is 63.1 Å². The number of hydrogen-bond acceptors (Lipinski definition) is 4. The second-order valence-electron chi connectivity index (χ2n) is 8.20. The van der Waals surface area contributed by atoms with Crippen LogP contribution in [0.4, 0.5) is 0 Å². The van der Waals surface area contributed by atoms with Crippen LogP contribution in [-0.2, 0) is 0 Å². The van der Waals surface area contributed by atoms with Gasteiger partial charge in [0.1, 0.15) is 11.6 Å². The van der Waals surface area contributed by atoms with E-state index in [0.717, 1.165) is 35.5 Å². The molecule has 0 aliphatic carbocycles. The lowest BCUT2D eigenvalue weighted by atomic mass is 9.94. The normalized spacial score (nSPS) is 14.8. The average Bonchev–Trinajstić information content (AvgIpc) is 3.20. The van der Waals surface area contributed by atoms with Gasteiger partial charge in [0.15, 0.2) is 4.77 Å². The van der Waals surface area contributed by atoms with E-state index in [2.05, 4.69) is 28.6 Å². The van der Waals surface area contributed by atoms with Crippen LogP contribution >= 0.6 is 12.2 Å². The molecule has 1 N–H and O–H groups in total. The number of carbonyl (C=O) groups is 1. The van der Waals surface area contributed by atoms with E-state index in [9.17, 15) is 4.79 Å². The van der Waals surface area contributed by atoms with Gasteiger partial charge in [0.25, 0.3) is 5.91 Å². The number of ether oxygens (including phenoxy) is 1. The third-order valence-corrected chi connectivity index (χ3v) is 6.21. The van der Waals surface area contributed by atoms with Crippen molar-refractivity contribution in [3.63, 3.8) is 0 Å². The van der Waals surface area contributed by atoms with E-state index >= 15 is 0 Å². The third-order valence-electron chi connectivity index (χ3n) is 5.93. The zero-order chi connectivity index (χ0) is 22.0. The van der Waals surface area contributed by atoms with Crippen LogP contribution in [0.1, 0.15) is 54.8 Å². The van der Waals surface area contributed by atoms with Gasteiger partial charge >= 0.3 is 0 Å². The van der Waals surface area contributed by atoms with E-state index in [1.807, 2.05) is 53.4 Å². The number of rotatable bonds is 5. The summed E-state index contributed by atoms with van der Waals surface area (Å²) in [5.74, 6) is 2.12. The minimum Gasteiger partial charge on any atom is -0.496 e. The Labute approximate surface area is 187 Å². The first-order valence-corrected chi connectivity index (χ1v) is 11.1. The van der Waals surface area contributed by atoms with Gasteiger partial charge in [-0.25, -0.2) is 0 Å². The van der Waals surface area contributed by atoms with Crippen LogP contribution < -0.4 is 4.74 Å². The SMILES string of the molecule is COc1ccc(C(=O)N2CCC(c3n[nH]c(=S)n3C(C)C)CC2)cc1-c1ccccc1. The van der Waals surface area contributed by atoms with Crippen molar-refractivity contribution in [2.75, 3.05) is 20.2 Å². The van der Waals surface area contributed by atoms with Crippen LogP contribution in [0.3, 0.4) is 0 Å². The monoisotopic (exact) mass is 436 g/mol. The lowest BCUT2D eigenvalue weighted by molar-refractivity contribution is 0.0710. The Kier molecular flexibility index (Phi) is 6.23. The smallest absolute Gasteiger partial charge is 0.253 e. The molecule has 1 fully saturated rings. The largest absolute Gasteiger partial charge is 0.496 e. The van der Waals surface area contributed by atoms with Crippen molar-refractivity contribution in [1.29, 1.82) is 0 Å². The van der Waals surface area contributed by atoms with Crippen molar-refractivity contribution < 1.29 is 9.53 Å². The molecule has 4 rings (SSSR count). The maximum Gasteiger partial charge on any atom is 0.253 e. The fraction of sp³-hybridized carbons (Fsp3) is 0.375. The number of carbonyl (C=O) groups excluding carboxylic acids is 1. The molecule has 1 aromatic heterocycles. The highest BCUT2D eigenvalue weighted by Gasteiger charge is 2.28. The van der Waals surface area contributed by atoms with Crippen molar-refractivity contribution in [3.05, 3.63) is 64.7 Å². The van der Waals surface area contributed by atoms with E-state index in [1.165, 1.54) is 0 Å². The Bertz CT molecular complexity index is 1110. The maximum absolute atomic E-state index is 13.2. The molecule has 1 aliphatic rings. The number of methoxy groups -OCH3 is 1. The zero-order valence-electron chi connectivity index (χ0n) is 18.2. The van der Waals surface area contributed by atoms with Crippen LogP contribution in [0.25, 0.3) is 11.1 Å². The van der Waals surface area contributed by atoms with Crippen molar-refractivity contribution >= 4 is 18.1 Å². The standard InChI is InChI=1S/C24H28N4O2S/c1-16(2)28-22(25-26-24(28)31)18-11-13-27(14-12-18)23(29)19-9-10-21(30-3)20(15-19)17-7-5-4-6-8-17/h4-10,15-16,18H,11-14H2,1-3H3,(H,26,31). The summed E-state index contributed by atoms with van der Waals surface area (Å²) in [6, 6.07) is 15.9. The zero-order valence-corrected chi connectivity index (χ0v) is 19.0. The van der Waals surface area contributed by atoms with Crippen LogP contribution in [0.5, 0.6) is 5.75 Å². The Morgan fingerprint density at radius 3 is 2.52 bits per heavy atom. The summed E-state index contributed by atoms with van der Waals surface area (Å²) in [7, 11) is 1.65. The third kappa shape index (κ3) is 4.28. The first kappa shape index (κ1) is 21.3. The van der Waals surface area contributed by atoms with Gasteiger partial charge in [-0.3, -0.25) is 9.89 Å². The number of nitrogens with one attached hydrogen (secondary N) is 1. The molecule has 3 aromatic rings. The predicted octanol–water partition coefficient (Wildman–Crippen LogP) is 5.22. The molecular weight excluding hydrogens is 408 g/mol. The van der Waals surface area contributed by atoms with Crippen molar-refractivity contribution in [2.45, 2.75) is 38.6 Å². The van der Waals surface area contributed by atoms with E-state index in [-0.39, 0.29) is 11.9 Å². The molecule has 1 aliphatic heterocycles. The first-order chi connectivity index (χ1) is 15.0. The van der Waals surface area contributed by atoms with Crippen LogP contribution in [0, 0.1) is 4.77 Å². The molecule has 0 spiro atoms. The lowest BCUT2D eigenvalue weighted by Gasteiger charge is -2.32. The minimum atomic E-state index is 0.0565. The Morgan fingerprint density at radius 2 is 1.87 bits per heavy atom. The van der Waals surface area contributed by atoms with Crippen LogP contribution in [0.15, 0.2) is 48.5 Å². The Balaban J connectivity index is 1.51. The van der Waals surface area contributed by atoms with Crippen LogP contribution in [-0.4, -0.2) is 45.8 Å². The van der Waals surface area contributed by atoms with E-state index in [1.54, 1.807) is 7.11 Å². The number of benzene rings is 2. The highest BCUT2D eigenvalue weighted by atomic mass is 32.1. The van der Waals surface area contributed by atoms with Gasteiger partial charge in [-0.2, -0.15) is 5.10 Å². The van der Waals surface area contributed by atoms with Gasteiger partial charge in [0.05, 0.1) is 7.11 Å². The van der Waals surface area contributed by atoms with Crippen molar-refractivity contribution in [2.24, 2.45) is 0 Å². The number of amides is 1. The molecule has 0 radical (unpaired) electrons. The highest BCUT2D eigenvalue weighted by Crippen LogP contribution is 2.33. The van der Waals surface area contributed by atoms with Gasteiger partial charge < -0.3 is 14.2 Å². The molecule has 162 valence electrons. The molecule has 1 saturated heterocycles. The average molecular weight is 437 g/mol. The first-order valence-electron chi connectivity index (χ1n) is 10.7. The molecular formula is C24H28N4O2S. The molecule has 2 heterocycles. The van der Waals surface area contributed by atoms with Crippen molar-refractivity contribution in [3.8, 4) is 16.9 Å². The summed E-state index contributed by atoms with van der Waals surface area (Å²) < 4.78 is 8.28. The minimum absolute atomic E-state index is 0.0565. The fourth-order valence-electron chi connectivity index (χ4n) is 4.31. The molecule has 1 amide bonds. The molecule has 0 unspecified atom stereocenters. The molecule has 2 aromatic carbocycles. The van der Waals surface area contributed by atoms with Gasteiger partial charge in [-0.1, -0.05) is 30.3 Å². The van der Waals surface area contributed by atoms with Gasteiger partial charge in [-0.15, -0.1) is 0 Å². The Hall–Kier alpha value is -2.93. The number of hydrogen-bond donors (Lipinski definition) is 1. The quantitative estimate of drug-likeness (QED) is 0.557. The molecule has 6 nitrogen and oxygen atoms in total. The summed E-state index contributed by atoms with van der Waals surface area (Å²) in [6.07, 6.45) is 1.75. The lowest BCUT2D eigenvalue weighted by Crippen LogP contribution is -2.38. The summed E-state index contributed by atoms with van der Waals surface area (Å²) in [5, 5.41) is 7.41. The number of piperidine rings is 1. The van der Waals surface area contributed by atoms with Gasteiger partial charge in [0, 0.05) is 36.2 Å². The van der Waals surface area contributed by atoms with Gasteiger partial charge in [0.2, 0.25) is 0 Å². The molecule has 0 bridgehead atoms. The summed E-state index contributed by atoms with van der Waals surface area (Å²) >= 11 is 5.39. The number of likely N-dealkylation sites (tertiary alicyclic amines) is 1. The number of aromatic amines is 1. The summed E-state index contributed by atoms with van der Waals surface area (Å²) in [4.78, 5) is 15.2. The number of nitrogens with zero attached hydrogens (tertiary/aromatic N) is 3. The number of H-pyrrole nitrogens is 1. The summed E-state index contributed by atoms with van der Waals surface area (Å²) in [6.45, 7) is 5.63. The summed E-state index contributed by atoms with van der Waals surface area (Å²) in [5.41, 5.74) is 2.64. The van der Waals surface area contributed by atoms with Crippen molar-refractivity contribution in [1.82, 2.24) is 19.7 Å². The molecule has 0 atom stereocenters. The fourth-order valence-corrected chi connectivity index (χ4v) is 4.66. The second kappa shape index (κ2) is 9.06. The van der Waals surface area contributed by atoms with Gasteiger partial charge in [-0.05, 0) is 62.7 Å². The maximum atomic E-state index is 13.2. The second-order valence-corrected chi connectivity index (χ2v) is 8.58. The predicted molar refractivity (Wildman–Crippen MR) is 124 cm³/mol. The van der Waals surface area contributed by atoms with E-state index < -0.39 is 0 Å². The molecule has 7 heteroatoms. The molecule has 0 saturated carbocycles. The van der Waals surface area contributed by atoms with Crippen LogP contribution in [0.2, 0.25) is 0 Å². The molecule has 31 heavy (non-hydrogen) atoms. The van der Waals surface area contributed by atoms with E-state index in [0.29, 0.717) is 29.3 Å². The Morgan fingerprint density at radius 1 is 1.16 bits per heavy atom. The van der Waals surface area contributed by atoms with E-state index in [4.69, 9.17) is 17.0 Å².